The molecule has 0 aliphatic rings. The first-order valence-corrected chi connectivity index (χ1v) is 6.16. The SMILES string of the molecule is Cc1cccc(OCCNC(C)C(C)C(=O)O)c1. The average Bonchev–Trinajstić information content (AvgIpc) is 2.33. The normalized spacial score (nSPS) is 13.9. The molecule has 1 rings (SSSR count). The molecule has 0 saturated heterocycles. The number of rotatable bonds is 7. The lowest BCUT2D eigenvalue weighted by Crippen LogP contribution is -2.38. The van der Waals surface area contributed by atoms with Crippen LogP contribution in [0.4, 0.5) is 0 Å². The number of carboxylic acid groups (broad SMARTS) is 1. The fourth-order valence-electron chi connectivity index (χ4n) is 1.55. The van der Waals surface area contributed by atoms with E-state index in [1.165, 1.54) is 0 Å². The van der Waals surface area contributed by atoms with Gasteiger partial charge in [-0.3, -0.25) is 4.79 Å². The molecule has 2 unspecified atom stereocenters. The summed E-state index contributed by atoms with van der Waals surface area (Å²) in [5.74, 6) is -0.339. The largest absolute Gasteiger partial charge is 0.492 e. The van der Waals surface area contributed by atoms with Crippen LogP contribution in [0.15, 0.2) is 24.3 Å². The molecule has 0 amide bonds. The standard InChI is InChI=1S/C14H21NO3/c1-10-5-4-6-13(9-10)18-8-7-15-12(3)11(2)14(16)17/h4-6,9,11-12,15H,7-8H2,1-3H3,(H,16,17). The molecule has 0 spiro atoms. The molecule has 100 valence electrons. The van der Waals surface area contributed by atoms with Crippen molar-refractivity contribution in [1.82, 2.24) is 5.32 Å². The second-order valence-electron chi connectivity index (χ2n) is 4.53. The molecule has 2 N–H and O–H groups in total. The molecule has 0 saturated carbocycles. The Balaban J connectivity index is 2.25. The molecule has 0 aromatic heterocycles. The molecule has 4 heteroatoms. The zero-order valence-electron chi connectivity index (χ0n) is 11.1. The first-order chi connectivity index (χ1) is 8.50. The number of ether oxygens (including phenoxy) is 1. The van der Waals surface area contributed by atoms with Gasteiger partial charge in [0.25, 0.3) is 0 Å². The summed E-state index contributed by atoms with van der Waals surface area (Å²) >= 11 is 0. The zero-order chi connectivity index (χ0) is 13.5. The summed E-state index contributed by atoms with van der Waals surface area (Å²) in [6.45, 7) is 6.74. The van der Waals surface area contributed by atoms with Gasteiger partial charge in [0.05, 0.1) is 5.92 Å². The van der Waals surface area contributed by atoms with E-state index in [9.17, 15) is 4.79 Å². The van der Waals surface area contributed by atoms with E-state index in [0.717, 1.165) is 11.3 Å². The highest BCUT2D eigenvalue weighted by Gasteiger charge is 2.18. The molecule has 1 aromatic rings. The summed E-state index contributed by atoms with van der Waals surface area (Å²) in [5.41, 5.74) is 1.16. The maximum absolute atomic E-state index is 10.8. The lowest BCUT2D eigenvalue weighted by Gasteiger charge is -2.17. The Morgan fingerprint density at radius 2 is 2.17 bits per heavy atom. The highest BCUT2D eigenvalue weighted by atomic mass is 16.5. The maximum Gasteiger partial charge on any atom is 0.307 e. The van der Waals surface area contributed by atoms with E-state index in [0.29, 0.717) is 13.2 Å². The van der Waals surface area contributed by atoms with E-state index < -0.39 is 11.9 Å². The predicted octanol–water partition coefficient (Wildman–Crippen LogP) is 2.07. The Morgan fingerprint density at radius 1 is 1.44 bits per heavy atom. The zero-order valence-corrected chi connectivity index (χ0v) is 11.1. The van der Waals surface area contributed by atoms with Crippen LogP contribution in [-0.4, -0.2) is 30.3 Å². The maximum atomic E-state index is 10.8. The third-order valence-electron chi connectivity index (χ3n) is 2.97. The van der Waals surface area contributed by atoms with Crippen LogP contribution in [0.2, 0.25) is 0 Å². The number of hydrogen-bond acceptors (Lipinski definition) is 3. The minimum absolute atomic E-state index is 0.0661. The molecule has 0 heterocycles. The molecule has 2 atom stereocenters. The highest BCUT2D eigenvalue weighted by Crippen LogP contribution is 2.11. The van der Waals surface area contributed by atoms with Crippen molar-refractivity contribution in [1.29, 1.82) is 0 Å². The Morgan fingerprint density at radius 3 is 2.78 bits per heavy atom. The van der Waals surface area contributed by atoms with Crippen LogP contribution in [0.3, 0.4) is 0 Å². The predicted molar refractivity (Wildman–Crippen MR) is 70.9 cm³/mol. The summed E-state index contributed by atoms with van der Waals surface area (Å²) in [7, 11) is 0. The van der Waals surface area contributed by atoms with Crippen LogP contribution in [0, 0.1) is 12.8 Å². The summed E-state index contributed by atoms with van der Waals surface area (Å²) in [5, 5.41) is 12.0. The van der Waals surface area contributed by atoms with E-state index in [1.807, 2.05) is 38.1 Å². The molecule has 1 aromatic carbocycles. The van der Waals surface area contributed by atoms with E-state index in [2.05, 4.69) is 5.32 Å². The monoisotopic (exact) mass is 251 g/mol. The second-order valence-corrected chi connectivity index (χ2v) is 4.53. The van der Waals surface area contributed by atoms with E-state index in [1.54, 1.807) is 6.92 Å². The van der Waals surface area contributed by atoms with Gasteiger partial charge in [-0.1, -0.05) is 19.1 Å². The number of aliphatic carboxylic acids is 1. The van der Waals surface area contributed by atoms with Crippen molar-refractivity contribution >= 4 is 5.97 Å². The number of aryl methyl sites for hydroxylation is 1. The van der Waals surface area contributed by atoms with Gasteiger partial charge in [-0.15, -0.1) is 0 Å². The second kappa shape index (κ2) is 7.01. The molecule has 0 bridgehead atoms. The molecular formula is C14H21NO3. The lowest BCUT2D eigenvalue weighted by molar-refractivity contribution is -0.141. The van der Waals surface area contributed by atoms with Crippen LogP contribution < -0.4 is 10.1 Å². The Labute approximate surface area is 108 Å². The molecule has 0 aliphatic heterocycles. The van der Waals surface area contributed by atoms with Gasteiger partial charge in [-0.25, -0.2) is 0 Å². The topological polar surface area (TPSA) is 58.6 Å². The fourth-order valence-corrected chi connectivity index (χ4v) is 1.55. The highest BCUT2D eigenvalue weighted by molar-refractivity contribution is 5.70. The van der Waals surface area contributed by atoms with Crippen LogP contribution in [0.1, 0.15) is 19.4 Å². The number of nitrogens with one attached hydrogen (secondary N) is 1. The molecule has 0 aliphatic carbocycles. The Hall–Kier alpha value is -1.55. The number of benzene rings is 1. The van der Waals surface area contributed by atoms with E-state index >= 15 is 0 Å². The van der Waals surface area contributed by atoms with Crippen molar-refractivity contribution in [2.24, 2.45) is 5.92 Å². The van der Waals surface area contributed by atoms with Gasteiger partial charge in [0.2, 0.25) is 0 Å². The lowest BCUT2D eigenvalue weighted by atomic mass is 10.0. The summed E-state index contributed by atoms with van der Waals surface area (Å²) in [6.07, 6.45) is 0. The molecule has 0 fully saturated rings. The van der Waals surface area contributed by atoms with E-state index in [-0.39, 0.29) is 6.04 Å². The molecular weight excluding hydrogens is 230 g/mol. The summed E-state index contributed by atoms with van der Waals surface area (Å²) in [6, 6.07) is 7.79. The van der Waals surface area contributed by atoms with Gasteiger partial charge >= 0.3 is 5.97 Å². The van der Waals surface area contributed by atoms with Crippen molar-refractivity contribution in [3.8, 4) is 5.75 Å². The number of carbonyl (C=O) groups is 1. The summed E-state index contributed by atoms with van der Waals surface area (Å²) in [4.78, 5) is 10.8. The third kappa shape index (κ3) is 4.75. The van der Waals surface area contributed by atoms with Crippen LogP contribution in [0.25, 0.3) is 0 Å². The third-order valence-corrected chi connectivity index (χ3v) is 2.97. The van der Waals surface area contributed by atoms with Crippen LogP contribution >= 0.6 is 0 Å². The molecule has 4 nitrogen and oxygen atoms in total. The first-order valence-electron chi connectivity index (χ1n) is 6.16. The van der Waals surface area contributed by atoms with Gasteiger partial charge in [0.1, 0.15) is 12.4 Å². The minimum atomic E-state index is -0.783. The van der Waals surface area contributed by atoms with Gasteiger partial charge in [0.15, 0.2) is 0 Å². The smallest absolute Gasteiger partial charge is 0.307 e. The van der Waals surface area contributed by atoms with Crippen LogP contribution in [-0.2, 0) is 4.79 Å². The van der Waals surface area contributed by atoms with E-state index in [4.69, 9.17) is 9.84 Å². The van der Waals surface area contributed by atoms with Crippen molar-refractivity contribution in [2.45, 2.75) is 26.8 Å². The molecule has 18 heavy (non-hydrogen) atoms. The minimum Gasteiger partial charge on any atom is -0.492 e. The van der Waals surface area contributed by atoms with Gasteiger partial charge in [0, 0.05) is 12.6 Å². The van der Waals surface area contributed by atoms with Gasteiger partial charge in [-0.05, 0) is 31.5 Å². The quantitative estimate of drug-likeness (QED) is 0.728. The average molecular weight is 251 g/mol. The first kappa shape index (κ1) is 14.5. The number of carboxylic acids is 1. The van der Waals surface area contributed by atoms with Crippen molar-refractivity contribution in [3.63, 3.8) is 0 Å². The number of hydrogen-bond donors (Lipinski definition) is 2. The van der Waals surface area contributed by atoms with Crippen molar-refractivity contribution in [3.05, 3.63) is 29.8 Å². The van der Waals surface area contributed by atoms with Gasteiger partial charge in [-0.2, -0.15) is 0 Å². The van der Waals surface area contributed by atoms with Crippen LogP contribution in [0.5, 0.6) is 5.75 Å². The molecule has 0 radical (unpaired) electrons. The fraction of sp³-hybridized carbons (Fsp3) is 0.500. The summed E-state index contributed by atoms with van der Waals surface area (Å²) < 4.78 is 5.57. The van der Waals surface area contributed by atoms with Crippen molar-refractivity contribution < 1.29 is 14.6 Å². The Bertz CT molecular complexity index is 392. The van der Waals surface area contributed by atoms with Crippen molar-refractivity contribution in [2.75, 3.05) is 13.2 Å². The Kier molecular flexibility index (Phi) is 5.65. The van der Waals surface area contributed by atoms with Gasteiger partial charge < -0.3 is 15.2 Å².